The van der Waals surface area contributed by atoms with E-state index >= 15 is 0 Å². The zero-order chi connectivity index (χ0) is 20.5. The second-order valence-electron chi connectivity index (χ2n) is 7.11. The number of anilines is 1. The monoisotopic (exact) mass is 455 g/mol. The van der Waals surface area contributed by atoms with E-state index in [1.807, 2.05) is 61.5 Å². The van der Waals surface area contributed by atoms with Crippen molar-refractivity contribution in [2.24, 2.45) is 7.05 Å². The molecule has 0 radical (unpaired) electrons. The summed E-state index contributed by atoms with van der Waals surface area (Å²) in [6.45, 7) is 1.82. The van der Waals surface area contributed by atoms with E-state index in [4.69, 9.17) is 0 Å². The summed E-state index contributed by atoms with van der Waals surface area (Å²) in [4.78, 5) is 25.8. The molecule has 29 heavy (non-hydrogen) atoms. The van der Waals surface area contributed by atoms with Crippen molar-refractivity contribution in [3.8, 4) is 5.69 Å². The second-order valence-corrected chi connectivity index (χ2v) is 8.02. The fourth-order valence-electron chi connectivity index (χ4n) is 3.56. The van der Waals surface area contributed by atoms with Gasteiger partial charge in [-0.3, -0.25) is 14.3 Å². The Morgan fingerprint density at radius 3 is 2.48 bits per heavy atom. The van der Waals surface area contributed by atoms with Crippen LogP contribution in [0.1, 0.15) is 23.7 Å². The lowest BCUT2D eigenvalue weighted by molar-refractivity contribution is -0.117. The molecule has 3 aromatic rings. The number of nitrogens with zero attached hydrogens (tertiary/aromatic N) is 2. The minimum absolute atomic E-state index is 0.0247. The Balaban J connectivity index is 1.52. The lowest BCUT2D eigenvalue weighted by atomic mass is 10.0. The van der Waals surface area contributed by atoms with E-state index in [0.717, 1.165) is 15.7 Å². The lowest BCUT2D eigenvalue weighted by Gasteiger charge is -2.10. The van der Waals surface area contributed by atoms with Gasteiger partial charge in [0.05, 0.1) is 11.4 Å². The average molecular weight is 456 g/mol. The highest BCUT2D eigenvalue weighted by molar-refractivity contribution is 9.10. The van der Waals surface area contributed by atoms with Crippen LogP contribution in [-0.4, -0.2) is 21.3 Å². The standard InChI is InChI=1S/C21H22BrN5O2/c1-13-19(21(29)27(26(13)2)16-6-4-3-5-7-16)23-20(28)18-12-17(24-25-18)14-8-10-15(22)11-9-14/h3-11,17-18,24-25H,12H2,1-2H3,(H,23,28). The fourth-order valence-corrected chi connectivity index (χ4v) is 3.83. The molecule has 0 aliphatic carbocycles. The van der Waals surface area contributed by atoms with Gasteiger partial charge in [-0.2, -0.15) is 0 Å². The topological polar surface area (TPSA) is 80.1 Å². The molecule has 2 unspecified atom stereocenters. The molecule has 2 aromatic carbocycles. The van der Waals surface area contributed by atoms with E-state index in [0.29, 0.717) is 17.8 Å². The molecular formula is C21H22BrN5O2. The summed E-state index contributed by atoms with van der Waals surface area (Å²) in [6.07, 6.45) is 0.590. The van der Waals surface area contributed by atoms with Gasteiger partial charge in [-0.05, 0) is 43.2 Å². The van der Waals surface area contributed by atoms with Gasteiger partial charge in [-0.15, -0.1) is 0 Å². The lowest BCUT2D eigenvalue weighted by Crippen LogP contribution is -2.40. The number of halogens is 1. The van der Waals surface area contributed by atoms with E-state index in [1.165, 1.54) is 0 Å². The van der Waals surface area contributed by atoms with Crippen molar-refractivity contribution in [1.82, 2.24) is 20.2 Å². The molecule has 4 rings (SSSR count). The molecule has 8 heteroatoms. The molecular weight excluding hydrogens is 434 g/mol. The van der Waals surface area contributed by atoms with Gasteiger partial charge in [0.1, 0.15) is 11.7 Å². The third-order valence-corrected chi connectivity index (χ3v) is 5.82. The number of para-hydroxylation sites is 1. The van der Waals surface area contributed by atoms with Crippen molar-refractivity contribution < 1.29 is 4.79 Å². The Morgan fingerprint density at radius 2 is 1.79 bits per heavy atom. The van der Waals surface area contributed by atoms with Gasteiger partial charge >= 0.3 is 0 Å². The number of aromatic nitrogens is 2. The van der Waals surface area contributed by atoms with Crippen LogP contribution in [0.4, 0.5) is 5.69 Å². The Bertz CT molecular complexity index is 1090. The van der Waals surface area contributed by atoms with Gasteiger partial charge < -0.3 is 5.32 Å². The van der Waals surface area contributed by atoms with Gasteiger partial charge in [0.2, 0.25) is 5.91 Å². The van der Waals surface area contributed by atoms with Crippen molar-refractivity contribution in [2.45, 2.75) is 25.4 Å². The van der Waals surface area contributed by atoms with Crippen LogP contribution in [0.15, 0.2) is 63.9 Å². The zero-order valence-electron chi connectivity index (χ0n) is 16.1. The number of carbonyl (C=O) groups excluding carboxylic acids is 1. The van der Waals surface area contributed by atoms with Crippen LogP contribution in [0, 0.1) is 6.92 Å². The molecule has 7 nitrogen and oxygen atoms in total. The van der Waals surface area contributed by atoms with Crippen molar-refractivity contribution in [1.29, 1.82) is 0 Å². The van der Waals surface area contributed by atoms with Crippen LogP contribution in [0.5, 0.6) is 0 Å². The maximum absolute atomic E-state index is 13.0. The summed E-state index contributed by atoms with van der Waals surface area (Å²) < 4.78 is 4.31. The first-order chi connectivity index (χ1) is 14.0. The second kappa shape index (κ2) is 7.98. The highest BCUT2D eigenvalue weighted by atomic mass is 79.9. The van der Waals surface area contributed by atoms with Crippen LogP contribution in [0.25, 0.3) is 5.69 Å². The normalized spacial score (nSPS) is 18.7. The summed E-state index contributed by atoms with van der Waals surface area (Å²) in [5, 5.41) is 2.83. The molecule has 1 fully saturated rings. The third-order valence-electron chi connectivity index (χ3n) is 5.29. The molecule has 2 atom stereocenters. The largest absolute Gasteiger partial charge is 0.319 e. The summed E-state index contributed by atoms with van der Waals surface area (Å²) in [5.41, 5.74) is 8.80. The number of rotatable bonds is 4. The van der Waals surface area contributed by atoms with Gasteiger partial charge in [0.15, 0.2) is 0 Å². The number of nitrogens with one attached hydrogen (secondary N) is 3. The minimum atomic E-state index is -0.437. The van der Waals surface area contributed by atoms with E-state index in [9.17, 15) is 9.59 Å². The fraction of sp³-hybridized carbons (Fsp3) is 0.238. The summed E-state index contributed by atoms with van der Waals surface area (Å²) >= 11 is 3.43. The third kappa shape index (κ3) is 3.78. The average Bonchev–Trinajstić information content (AvgIpc) is 3.29. The Labute approximate surface area is 176 Å². The molecule has 1 aliphatic heterocycles. The predicted molar refractivity (Wildman–Crippen MR) is 116 cm³/mol. The number of hydrogen-bond donors (Lipinski definition) is 3. The van der Waals surface area contributed by atoms with Crippen LogP contribution in [0.2, 0.25) is 0 Å². The van der Waals surface area contributed by atoms with Gasteiger partial charge in [-0.25, -0.2) is 15.5 Å². The van der Waals surface area contributed by atoms with Crippen LogP contribution in [-0.2, 0) is 11.8 Å². The molecule has 1 saturated heterocycles. The molecule has 150 valence electrons. The van der Waals surface area contributed by atoms with Gasteiger partial charge in [0, 0.05) is 17.6 Å². The molecule has 1 aliphatic rings. The summed E-state index contributed by atoms with van der Waals surface area (Å²) in [5.74, 6) is -0.233. The number of carbonyl (C=O) groups is 1. The Morgan fingerprint density at radius 1 is 1.10 bits per heavy atom. The first kappa shape index (κ1) is 19.6. The van der Waals surface area contributed by atoms with E-state index < -0.39 is 6.04 Å². The summed E-state index contributed by atoms with van der Waals surface area (Å²) in [7, 11) is 1.80. The Hall–Kier alpha value is -2.68. The molecule has 3 N–H and O–H groups in total. The zero-order valence-corrected chi connectivity index (χ0v) is 17.7. The van der Waals surface area contributed by atoms with Crippen LogP contribution < -0.4 is 21.7 Å². The van der Waals surface area contributed by atoms with E-state index in [-0.39, 0.29) is 17.5 Å². The molecule has 0 bridgehead atoms. The van der Waals surface area contributed by atoms with Crippen molar-refractivity contribution in [2.75, 3.05) is 5.32 Å². The van der Waals surface area contributed by atoms with Crippen molar-refractivity contribution >= 4 is 27.5 Å². The molecule has 1 amide bonds. The number of hydrogen-bond acceptors (Lipinski definition) is 4. The first-order valence-corrected chi connectivity index (χ1v) is 10.2. The quantitative estimate of drug-likeness (QED) is 0.564. The van der Waals surface area contributed by atoms with Gasteiger partial charge in [0.25, 0.3) is 5.56 Å². The van der Waals surface area contributed by atoms with Crippen LogP contribution in [0.3, 0.4) is 0 Å². The molecule has 1 aromatic heterocycles. The number of benzene rings is 2. The van der Waals surface area contributed by atoms with Gasteiger partial charge in [-0.1, -0.05) is 46.3 Å². The highest BCUT2D eigenvalue weighted by Crippen LogP contribution is 2.24. The van der Waals surface area contributed by atoms with Crippen molar-refractivity contribution in [3.05, 3.63) is 80.7 Å². The summed E-state index contributed by atoms with van der Waals surface area (Å²) in [6, 6.07) is 16.9. The highest BCUT2D eigenvalue weighted by Gasteiger charge is 2.31. The SMILES string of the molecule is Cc1c(NC(=O)C2CC(c3ccc(Br)cc3)NN2)c(=O)n(-c2ccccc2)n1C. The minimum Gasteiger partial charge on any atom is -0.319 e. The first-order valence-electron chi connectivity index (χ1n) is 9.37. The maximum atomic E-state index is 13.0. The van der Waals surface area contributed by atoms with E-state index in [1.54, 1.807) is 16.4 Å². The Kier molecular flexibility index (Phi) is 5.40. The smallest absolute Gasteiger partial charge is 0.295 e. The predicted octanol–water partition coefficient (Wildman–Crippen LogP) is 2.79. The number of amides is 1. The van der Waals surface area contributed by atoms with E-state index in [2.05, 4.69) is 32.1 Å². The van der Waals surface area contributed by atoms with Crippen molar-refractivity contribution in [3.63, 3.8) is 0 Å². The van der Waals surface area contributed by atoms with Crippen LogP contribution >= 0.6 is 15.9 Å². The molecule has 2 heterocycles. The molecule has 0 saturated carbocycles. The number of hydrazine groups is 1. The molecule has 0 spiro atoms. The maximum Gasteiger partial charge on any atom is 0.295 e.